The molecule has 0 amide bonds. The van der Waals surface area contributed by atoms with Crippen molar-refractivity contribution in [3.05, 3.63) is 23.8 Å². The van der Waals surface area contributed by atoms with E-state index in [1.807, 2.05) is 18.2 Å². The van der Waals surface area contributed by atoms with Gasteiger partial charge in [-0.25, -0.2) is 4.98 Å². The smallest absolute Gasteiger partial charge is 0.198 e. The number of aromatic amines is 1. The van der Waals surface area contributed by atoms with Crippen LogP contribution in [0, 0.1) is 0 Å². The standard InChI is InChI=1S/C8H10N4/c9-4-5-1-2-6-7(3-5)12-8(10)11-6/h1-3H,4,9H2,(H3,10,11,12). The number of benzene rings is 1. The molecule has 0 aliphatic heterocycles. The predicted molar refractivity (Wildman–Crippen MR) is 48.4 cm³/mol. The third-order valence-corrected chi connectivity index (χ3v) is 1.80. The lowest BCUT2D eigenvalue weighted by Crippen LogP contribution is -1.95. The summed E-state index contributed by atoms with van der Waals surface area (Å²) in [4.78, 5) is 7.02. The summed E-state index contributed by atoms with van der Waals surface area (Å²) in [5.74, 6) is 0.444. The first-order valence-corrected chi connectivity index (χ1v) is 3.74. The third-order valence-electron chi connectivity index (χ3n) is 1.80. The molecule has 0 radical (unpaired) electrons. The fourth-order valence-corrected chi connectivity index (χ4v) is 1.20. The van der Waals surface area contributed by atoms with Crippen molar-refractivity contribution in [3.63, 3.8) is 0 Å². The van der Waals surface area contributed by atoms with E-state index in [4.69, 9.17) is 11.5 Å². The first kappa shape index (κ1) is 7.12. The van der Waals surface area contributed by atoms with Gasteiger partial charge in [-0.05, 0) is 17.7 Å². The second kappa shape index (κ2) is 2.49. The Morgan fingerprint density at radius 1 is 1.42 bits per heavy atom. The molecule has 62 valence electrons. The predicted octanol–water partition coefficient (Wildman–Crippen LogP) is 0.604. The van der Waals surface area contributed by atoms with Crippen molar-refractivity contribution < 1.29 is 0 Å². The van der Waals surface area contributed by atoms with Gasteiger partial charge in [0.15, 0.2) is 5.95 Å². The normalized spacial score (nSPS) is 10.8. The van der Waals surface area contributed by atoms with Gasteiger partial charge in [0.1, 0.15) is 0 Å². The molecule has 0 saturated heterocycles. The van der Waals surface area contributed by atoms with Crippen molar-refractivity contribution in [3.8, 4) is 0 Å². The van der Waals surface area contributed by atoms with Crippen LogP contribution in [-0.4, -0.2) is 9.97 Å². The average molecular weight is 162 g/mol. The van der Waals surface area contributed by atoms with Gasteiger partial charge in [-0.3, -0.25) is 0 Å². The van der Waals surface area contributed by atoms with Crippen LogP contribution in [0.2, 0.25) is 0 Å². The summed E-state index contributed by atoms with van der Waals surface area (Å²) >= 11 is 0. The fourth-order valence-electron chi connectivity index (χ4n) is 1.20. The minimum absolute atomic E-state index is 0.444. The highest BCUT2D eigenvalue weighted by Crippen LogP contribution is 2.13. The lowest BCUT2D eigenvalue weighted by Gasteiger charge is -1.93. The largest absolute Gasteiger partial charge is 0.369 e. The van der Waals surface area contributed by atoms with Gasteiger partial charge < -0.3 is 16.5 Å². The molecular weight excluding hydrogens is 152 g/mol. The Hall–Kier alpha value is -1.55. The average Bonchev–Trinajstić information content (AvgIpc) is 2.43. The second-order valence-corrected chi connectivity index (χ2v) is 2.68. The number of anilines is 1. The number of hydrogen-bond acceptors (Lipinski definition) is 3. The molecular formula is C8H10N4. The van der Waals surface area contributed by atoms with E-state index in [0.29, 0.717) is 12.5 Å². The van der Waals surface area contributed by atoms with E-state index in [1.165, 1.54) is 0 Å². The van der Waals surface area contributed by atoms with E-state index in [2.05, 4.69) is 9.97 Å². The van der Waals surface area contributed by atoms with Crippen LogP contribution in [0.5, 0.6) is 0 Å². The van der Waals surface area contributed by atoms with E-state index in [1.54, 1.807) is 0 Å². The quantitative estimate of drug-likeness (QED) is 0.574. The Bertz CT molecular complexity index is 404. The molecule has 0 saturated carbocycles. The molecule has 2 rings (SSSR count). The zero-order valence-corrected chi connectivity index (χ0v) is 6.54. The molecule has 0 atom stereocenters. The maximum Gasteiger partial charge on any atom is 0.198 e. The molecule has 4 heteroatoms. The van der Waals surface area contributed by atoms with Crippen LogP contribution < -0.4 is 11.5 Å². The van der Waals surface area contributed by atoms with Crippen LogP contribution in [0.4, 0.5) is 5.95 Å². The number of imidazole rings is 1. The second-order valence-electron chi connectivity index (χ2n) is 2.68. The van der Waals surface area contributed by atoms with E-state index in [9.17, 15) is 0 Å². The third kappa shape index (κ3) is 1.02. The van der Waals surface area contributed by atoms with Gasteiger partial charge in [0, 0.05) is 6.54 Å². The molecule has 0 aliphatic rings. The van der Waals surface area contributed by atoms with Crippen LogP contribution in [-0.2, 0) is 6.54 Å². The Morgan fingerprint density at radius 3 is 3.00 bits per heavy atom. The number of nitrogens with two attached hydrogens (primary N) is 2. The van der Waals surface area contributed by atoms with Crippen LogP contribution in [0.25, 0.3) is 11.0 Å². The molecule has 5 N–H and O–H groups in total. The van der Waals surface area contributed by atoms with Crippen LogP contribution >= 0.6 is 0 Å². The maximum atomic E-state index is 5.48. The summed E-state index contributed by atoms with van der Waals surface area (Å²) in [6, 6.07) is 5.82. The molecule has 0 bridgehead atoms. The van der Waals surface area contributed by atoms with Gasteiger partial charge in [0.25, 0.3) is 0 Å². The maximum absolute atomic E-state index is 5.48. The van der Waals surface area contributed by atoms with Gasteiger partial charge in [-0.15, -0.1) is 0 Å². The van der Waals surface area contributed by atoms with Crippen molar-refractivity contribution in [1.82, 2.24) is 9.97 Å². The highest BCUT2D eigenvalue weighted by molar-refractivity contribution is 5.77. The lowest BCUT2D eigenvalue weighted by atomic mass is 10.2. The number of nitrogens with one attached hydrogen (secondary N) is 1. The van der Waals surface area contributed by atoms with E-state index in [0.717, 1.165) is 16.6 Å². The molecule has 0 fully saturated rings. The van der Waals surface area contributed by atoms with Crippen LogP contribution in [0.1, 0.15) is 5.56 Å². The number of hydrogen-bond donors (Lipinski definition) is 3. The monoisotopic (exact) mass is 162 g/mol. The minimum atomic E-state index is 0.444. The molecule has 1 heterocycles. The summed E-state index contributed by atoms with van der Waals surface area (Å²) in [6.07, 6.45) is 0. The summed E-state index contributed by atoms with van der Waals surface area (Å²) in [5.41, 5.74) is 13.8. The number of aromatic nitrogens is 2. The minimum Gasteiger partial charge on any atom is -0.369 e. The highest BCUT2D eigenvalue weighted by Gasteiger charge is 1.99. The molecule has 0 aliphatic carbocycles. The molecule has 2 aromatic rings. The first-order valence-electron chi connectivity index (χ1n) is 3.74. The Morgan fingerprint density at radius 2 is 2.25 bits per heavy atom. The molecule has 4 nitrogen and oxygen atoms in total. The van der Waals surface area contributed by atoms with E-state index >= 15 is 0 Å². The van der Waals surface area contributed by atoms with E-state index < -0.39 is 0 Å². The van der Waals surface area contributed by atoms with Crippen molar-refractivity contribution in [2.75, 3.05) is 5.73 Å². The van der Waals surface area contributed by atoms with Crippen molar-refractivity contribution in [2.24, 2.45) is 5.73 Å². The lowest BCUT2D eigenvalue weighted by molar-refractivity contribution is 1.07. The van der Waals surface area contributed by atoms with Gasteiger partial charge in [0.2, 0.25) is 0 Å². The topological polar surface area (TPSA) is 80.7 Å². The van der Waals surface area contributed by atoms with Crippen LogP contribution in [0.15, 0.2) is 18.2 Å². The molecule has 0 unspecified atom stereocenters. The number of rotatable bonds is 1. The molecule has 1 aromatic heterocycles. The highest BCUT2D eigenvalue weighted by atomic mass is 15.0. The summed E-state index contributed by atoms with van der Waals surface area (Å²) < 4.78 is 0. The summed E-state index contributed by atoms with van der Waals surface area (Å²) in [6.45, 7) is 0.530. The Kier molecular flexibility index (Phi) is 1.48. The molecule has 1 aromatic carbocycles. The molecule has 0 spiro atoms. The van der Waals surface area contributed by atoms with Crippen molar-refractivity contribution >= 4 is 17.0 Å². The zero-order chi connectivity index (χ0) is 8.55. The number of H-pyrrole nitrogens is 1. The SMILES string of the molecule is NCc1ccc2[nH]c(N)nc2c1. The fraction of sp³-hybridized carbons (Fsp3) is 0.125. The van der Waals surface area contributed by atoms with Gasteiger partial charge in [0.05, 0.1) is 11.0 Å². The van der Waals surface area contributed by atoms with E-state index in [-0.39, 0.29) is 0 Å². The molecule has 12 heavy (non-hydrogen) atoms. The number of nitrogens with zero attached hydrogens (tertiary/aromatic N) is 1. The summed E-state index contributed by atoms with van der Waals surface area (Å²) in [7, 11) is 0. The van der Waals surface area contributed by atoms with Crippen LogP contribution in [0.3, 0.4) is 0 Å². The van der Waals surface area contributed by atoms with Gasteiger partial charge in [-0.1, -0.05) is 6.07 Å². The number of fused-ring (bicyclic) bond motifs is 1. The Balaban J connectivity index is 2.66. The Labute approximate surface area is 69.6 Å². The number of nitrogen functional groups attached to an aromatic ring is 1. The van der Waals surface area contributed by atoms with Gasteiger partial charge >= 0.3 is 0 Å². The van der Waals surface area contributed by atoms with Crippen molar-refractivity contribution in [1.29, 1.82) is 0 Å². The summed E-state index contributed by atoms with van der Waals surface area (Å²) in [5, 5.41) is 0. The van der Waals surface area contributed by atoms with Crippen molar-refractivity contribution in [2.45, 2.75) is 6.54 Å². The first-order chi connectivity index (χ1) is 5.79. The van der Waals surface area contributed by atoms with Gasteiger partial charge in [-0.2, -0.15) is 0 Å². The zero-order valence-electron chi connectivity index (χ0n) is 6.54.